The Labute approximate surface area is 206 Å². The van der Waals surface area contributed by atoms with E-state index in [1.807, 2.05) is 78.9 Å². The maximum Gasteiger partial charge on any atom is 0.280 e. The van der Waals surface area contributed by atoms with Gasteiger partial charge in [0.2, 0.25) is 5.13 Å². The van der Waals surface area contributed by atoms with Gasteiger partial charge in [-0.15, -0.1) is 0 Å². The normalized spacial score (nSPS) is 11.0. The van der Waals surface area contributed by atoms with Crippen LogP contribution in [0.2, 0.25) is 0 Å². The molecule has 0 aliphatic rings. The third kappa shape index (κ3) is 5.20. The molecule has 5 rings (SSSR count). The second kappa shape index (κ2) is 10.2. The molecule has 0 radical (unpaired) electrons. The van der Waals surface area contributed by atoms with Crippen molar-refractivity contribution in [3.63, 3.8) is 0 Å². The third-order valence-electron chi connectivity index (χ3n) is 5.16. The molecule has 0 saturated carbocycles. The zero-order valence-electron chi connectivity index (χ0n) is 18.9. The van der Waals surface area contributed by atoms with Gasteiger partial charge in [-0.25, -0.2) is 4.98 Å². The van der Waals surface area contributed by atoms with E-state index in [4.69, 9.17) is 9.47 Å². The highest BCUT2D eigenvalue weighted by Gasteiger charge is 2.21. The lowest BCUT2D eigenvalue weighted by Gasteiger charge is -2.14. The number of ether oxygens (including phenoxy) is 2. The van der Waals surface area contributed by atoms with Gasteiger partial charge in [0, 0.05) is 5.56 Å². The molecule has 6 nitrogen and oxygen atoms in total. The number of thiazole rings is 1. The van der Waals surface area contributed by atoms with E-state index in [0.29, 0.717) is 16.4 Å². The number of hydrogen-bond donors (Lipinski definition) is 0. The molecule has 0 saturated heterocycles. The smallest absolute Gasteiger partial charge is 0.280 e. The summed E-state index contributed by atoms with van der Waals surface area (Å²) in [6.07, 6.45) is 1.65. The molecule has 0 N–H and O–H groups in total. The van der Waals surface area contributed by atoms with Crippen molar-refractivity contribution in [3.05, 3.63) is 114 Å². The number of hydrazone groups is 1. The first kappa shape index (κ1) is 22.3. The lowest BCUT2D eigenvalue weighted by atomic mass is 10.2. The van der Waals surface area contributed by atoms with Crippen LogP contribution in [0, 0.1) is 0 Å². The molecule has 1 amide bonds. The standard InChI is InChI=1S/C28H21N3O3S/c1-33-24-16-17-25-26(18-24)35-28(30-25)31(29-19-20-8-4-2-5-9-20)27(32)21-12-14-23(15-13-21)34-22-10-6-3-7-11-22/h2-19H,1H3/b29-19+. The molecule has 1 aromatic heterocycles. The Morgan fingerprint density at radius 1 is 0.857 bits per heavy atom. The Balaban J connectivity index is 1.46. The summed E-state index contributed by atoms with van der Waals surface area (Å²) in [5, 5.41) is 6.31. The van der Waals surface area contributed by atoms with Gasteiger partial charge in [-0.2, -0.15) is 10.1 Å². The second-order valence-electron chi connectivity index (χ2n) is 7.54. The Morgan fingerprint density at radius 3 is 2.23 bits per heavy atom. The number of para-hydroxylation sites is 1. The maximum absolute atomic E-state index is 13.5. The molecule has 35 heavy (non-hydrogen) atoms. The van der Waals surface area contributed by atoms with Crippen molar-refractivity contribution < 1.29 is 14.3 Å². The number of carbonyl (C=O) groups is 1. The van der Waals surface area contributed by atoms with Gasteiger partial charge in [-0.3, -0.25) is 4.79 Å². The number of fused-ring (bicyclic) bond motifs is 1. The van der Waals surface area contributed by atoms with Crippen LogP contribution in [0.5, 0.6) is 17.2 Å². The van der Waals surface area contributed by atoms with Crippen molar-refractivity contribution in [1.29, 1.82) is 0 Å². The second-order valence-corrected chi connectivity index (χ2v) is 8.55. The van der Waals surface area contributed by atoms with E-state index in [0.717, 1.165) is 27.3 Å². The molecule has 0 spiro atoms. The fraction of sp³-hybridized carbons (Fsp3) is 0.0357. The molecule has 0 atom stereocenters. The minimum absolute atomic E-state index is 0.297. The van der Waals surface area contributed by atoms with Gasteiger partial charge in [0.15, 0.2) is 0 Å². The number of rotatable bonds is 7. The minimum atomic E-state index is -0.297. The average molecular weight is 480 g/mol. The van der Waals surface area contributed by atoms with Crippen LogP contribution in [0.4, 0.5) is 5.13 Å². The van der Waals surface area contributed by atoms with Gasteiger partial charge in [-0.05, 0) is 60.2 Å². The Morgan fingerprint density at radius 2 is 1.51 bits per heavy atom. The van der Waals surface area contributed by atoms with Gasteiger partial charge >= 0.3 is 0 Å². The third-order valence-corrected chi connectivity index (χ3v) is 6.15. The van der Waals surface area contributed by atoms with Gasteiger partial charge < -0.3 is 9.47 Å². The van der Waals surface area contributed by atoms with Crippen molar-refractivity contribution >= 4 is 38.8 Å². The van der Waals surface area contributed by atoms with Crippen LogP contribution < -0.4 is 14.5 Å². The molecule has 4 aromatic carbocycles. The molecule has 0 aliphatic carbocycles. The predicted octanol–water partition coefficient (Wildman–Crippen LogP) is 6.78. The number of benzene rings is 4. The van der Waals surface area contributed by atoms with E-state index < -0.39 is 0 Å². The largest absolute Gasteiger partial charge is 0.497 e. The molecule has 0 bridgehead atoms. The number of methoxy groups -OCH3 is 1. The molecule has 172 valence electrons. The quantitative estimate of drug-likeness (QED) is 0.191. The number of nitrogens with zero attached hydrogens (tertiary/aromatic N) is 3. The first-order chi connectivity index (χ1) is 17.2. The van der Waals surface area contributed by atoms with Crippen LogP contribution in [0.15, 0.2) is 108 Å². The van der Waals surface area contributed by atoms with Crippen molar-refractivity contribution in [1.82, 2.24) is 4.98 Å². The van der Waals surface area contributed by atoms with Crippen LogP contribution in [0.25, 0.3) is 10.2 Å². The lowest BCUT2D eigenvalue weighted by Crippen LogP contribution is -2.25. The molecule has 1 heterocycles. The zero-order valence-corrected chi connectivity index (χ0v) is 19.7. The molecule has 0 fully saturated rings. The first-order valence-electron chi connectivity index (χ1n) is 10.9. The van der Waals surface area contributed by atoms with Crippen LogP contribution in [-0.4, -0.2) is 24.2 Å². The summed E-state index contributed by atoms with van der Waals surface area (Å²) < 4.78 is 12.1. The molecule has 7 heteroatoms. The van der Waals surface area contributed by atoms with Gasteiger partial charge in [0.05, 0.1) is 23.5 Å². The fourth-order valence-corrected chi connectivity index (χ4v) is 4.33. The summed E-state index contributed by atoms with van der Waals surface area (Å²) in [6.45, 7) is 0. The van der Waals surface area contributed by atoms with E-state index in [-0.39, 0.29) is 5.91 Å². The van der Waals surface area contributed by atoms with Gasteiger partial charge in [0.25, 0.3) is 5.91 Å². The minimum Gasteiger partial charge on any atom is -0.497 e. The lowest BCUT2D eigenvalue weighted by molar-refractivity contribution is 0.0988. The van der Waals surface area contributed by atoms with Crippen LogP contribution >= 0.6 is 11.3 Å². The fourth-order valence-electron chi connectivity index (χ4n) is 3.38. The number of anilines is 1. The summed E-state index contributed by atoms with van der Waals surface area (Å²) in [5.41, 5.74) is 2.11. The summed E-state index contributed by atoms with van der Waals surface area (Å²) in [5.74, 6) is 1.80. The number of hydrogen-bond acceptors (Lipinski definition) is 6. The van der Waals surface area contributed by atoms with Crippen molar-refractivity contribution in [2.24, 2.45) is 5.10 Å². The van der Waals surface area contributed by atoms with Gasteiger partial charge in [0.1, 0.15) is 17.2 Å². The van der Waals surface area contributed by atoms with E-state index >= 15 is 0 Å². The van der Waals surface area contributed by atoms with E-state index in [1.165, 1.54) is 16.3 Å². The molecule has 0 aliphatic heterocycles. The maximum atomic E-state index is 13.5. The molecular formula is C28H21N3O3S. The highest BCUT2D eigenvalue weighted by Crippen LogP contribution is 2.32. The monoisotopic (exact) mass is 479 g/mol. The van der Waals surface area contributed by atoms with Crippen molar-refractivity contribution in [2.45, 2.75) is 0 Å². The van der Waals surface area contributed by atoms with Crippen molar-refractivity contribution in [3.8, 4) is 17.2 Å². The van der Waals surface area contributed by atoms with Gasteiger partial charge in [-0.1, -0.05) is 59.9 Å². The zero-order chi connectivity index (χ0) is 24.0. The van der Waals surface area contributed by atoms with E-state index in [9.17, 15) is 4.79 Å². The SMILES string of the molecule is COc1ccc2nc(N(/N=C/c3ccccc3)C(=O)c3ccc(Oc4ccccc4)cc3)sc2c1. The average Bonchev–Trinajstić information content (AvgIpc) is 3.33. The van der Waals surface area contributed by atoms with Crippen molar-refractivity contribution in [2.75, 3.05) is 12.1 Å². The number of carbonyl (C=O) groups excluding carboxylic acids is 1. The Bertz CT molecular complexity index is 1470. The summed E-state index contributed by atoms with van der Waals surface area (Å²) in [4.78, 5) is 18.2. The first-order valence-corrected chi connectivity index (χ1v) is 11.7. The predicted molar refractivity (Wildman–Crippen MR) is 140 cm³/mol. The molecular weight excluding hydrogens is 458 g/mol. The molecule has 5 aromatic rings. The highest BCUT2D eigenvalue weighted by atomic mass is 32.1. The summed E-state index contributed by atoms with van der Waals surface area (Å²) in [7, 11) is 1.62. The van der Waals surface area contributed by atoms with E-state index in [2.05, 4.69) is 10.1 Å². The Kier molecular flexibility index (Phi) is 6.50. The number of aromatic nitrogens is 1. The topological polar surface area (TPSA) is 64.0 Å². The molecule has 0 unspecified atom stereocenters. The van der Waals surface area contributed by atoms with Crippen LogP contribution in [0.1, 0.15) is 15.9 Å². The number of amides is 1. The highest BCUT2D eigenvalue weighted by molar-refractivity contribution is 7.22. The Hall–Kier alpha value is -4.49. The van der Waals surface area contributed by atoms with E-state index in [1.54, 1.807) is 37.6 Å². The summed E-state index contributed by atoms with van der Waals surface area (Å²) in [6, 6.07) is 31.7. The summed E-state index contributed by atoms with van der Waals surface area (Å²) >= 11 is 1.37. The van der Waals surface area contributed by atoms with Crippen LogP contribution in [-0.2, 0) is 0 Å². The van der Waals surface area contributed by atoms with Crippen LogP contribution in [0.3, 0.4) is 0 Å².